The Morgan fingerprint density at radius 2 is 1.69 bits per heavy atom. The maximum atomic E-state index is 12.9. The van der Waals surface area contributed by atoms with E-state index in [9.17, 15) is 14.4 Å². The zero-order valence-electron chi connectivity index (χ0n) is 16.5. The van der Waals surface area contributed by atoms with Crippen LogP contribution in [-0.2, 0) is 14.3 Å². The summed E-state index contributed by atoms with van der Waals surface area (Å²) in [5, 5.41) is 2.85. The summed E-state index contributed by atoms with van der Waals surface area (Å²) >= 11 is 0. The topological polar surface area (TPSA) is 84.9 Å². The molecule has 0 radical (unpaired) electrons. The van der Waals surface area contributed by atoms with Crippen LogP contribution in [0.3, 0.4) is 0 Å². The Hall–Kier alpha value is -3.61. The Kier molecular flexibility index (Phi) is 5.97. The average Bonchev–Trinajstić information content (AvgIpc) is 2.75. The lowest BCUT2D eigenvalue weighted by Crippen LogP contribution is -2.46. The molecule has 1 heterocycles. The fraction of sp³-hybridized carbons (Fsp3) is 0.227. The lowest BCUT2D eigenvalue weighted by atomic mass is 9.91. The molecule has 150 valence electrons. The van der Waals surface area contributed by atoms with Gasteiger partial charge in [0.25, 0.3) is 0 Å². The average molecular weight is 394 g/mol. The minimum atomic E-state index is -0.723. The Balaban J connectivity index is 2.16. The van der Waals surface area contributed by atoms with Gasteiger partial charge in [0.1, 0.15) is 0 Å². The molecular formula is C22H22N2O5. The van der Waals surface area contributed by atoms with Gasteiger partial charge in [0.05, 0.1) is 36.6 Å². The molecule has 0 unspecified atom stereocenters. The van der Waals surface area contributed by atoms with E-state index in [-0.39, 0.29) is 12.6 Å². The predicted molar refractivity (Wildman–Crippen MR) is 107 cm³/mol. The number of hydrogen-bond donors (Lipinski definition) is 1. The van der Waals surface area contributed by atoms with Gasteiger partial charge >= 0.3 is 18.0 Å². The maximum Gasteiger partial charge on any atom is 0.338 e. The van der Waals surface area contributed by atoms with Gasteiger partial charge in [-0.05, 0) is 30.2 Å². The number of amides is 2. The standard InChI is InChI=1S/C22H22N2O5/c1-4-29-21(26)17-18(14-10-12-16(13-11-14)20(25)28-3)23-22(27)24(2)19(17)15-8-6-5-7-9-15/h5-13,18H,4H2,1-3H3,(H,23,27)/t18-/m0/s1. The fourth-order valence-corrected chi connectivity index (χ4v) is 3.26. The second-order valence-corrected chi connectivity index (χ2v) is 6.40. The number of nitrogens with one attached hydrogen (secondary N) is 1. The van der Waals surface area contributed by atoms with Crippen LogP contribution >= 0.6 is 0 Å². The molecule has 0 saturated carbocycles. The van der Waals surface area contributed by atoms with Crippen LogP contribution in [0.25, 0.3) is 5.70 Å². The zero-order chi connectivity index (χ0) is 21.0. The number of benzene rings is 2. The third kappa shape index (κ3) is 3.99. The van der Waals surface area contributed by atoms with Crippen molar-refractivity contribution in [3.8, 4) is 0 Å². The quantitative estimate of drug-likeness (QED) is 0.788. The smallest absolute Gasteiger partial charge is 0.338 e. The first-order chi connectivity index (χ1) is 14.0. The van der Waals surface area contributed by atoms with E-state index in [0.29, 0.717) is 22.4 Å². The molecule has 1 aliphatic rings. The summed E-state index contributed by atoms with van der Waals surface area (Å²) in [4.78, 5) is 38.7. The number of methoxy groups -OCH3 is 1. The van der Waals surface area contributed by atoms with Crippen molar-refractivity contribution in [1.82, 2.24) is 10.2 Å². The fourth-order valence-electron chi connectivity index (χ4n) is 3.26. The molecular weight excluding hydrogens is 372 g/mol. The van der Waals surface area contributed by atoms with Crippen LogP contribution in [-0.4, -0.2) is 43.6 Å². The SMILES string of the molecule is CCOC(=O)C1=C(c2ccccc2)N(C)C(=O)N[C@H]1c1ccc(C(=O)OC)cc1. The van der Waals surface area contributed by atoms with Gasteiger partial charge in [0, 0.05) is 7.05 Å². The van der Waals surface area contributed by atoms with Crippen molar-refractivity contribution in [2.45, 2.75) is 13.0 Å². The molecule has 2 amide bonds. The van der Waals surface area contributed by atoms with E-state index in [2.05, 4.69) is 5.32 Å². The maximum absolute atomic E-state index is 12.9. The number of urea groups is 1. The monoisotopic (exact) mass is 394 g/mol. The molecule has 2 aromatic rings. The highest BCUT2D eigenvalue weighted by molar-refractivity contribution is 6.04. The summed E-state index contributed by atoms with van der Waals surface area (Å²) in [6.45, 7) is 1.93. The molecule has 1 aliphatic heterocycles. The van der Waals surface area contributed by atoms with E-state index < -0.39 is 18.0 Å². The van der Waals surface area contributed by atoms with Gasteiger partial charge in [-0.15, -0.1) is 0 Å². The van der Waals surface area contributed by atoms with Crippen molar-refractivity contribution in [2.75, 3.05) is 20.8 Å². The van der Waals surface area contributed by atoms with E-state index in [1.807, 2.05) is 30.3 Å². The van der Waals surface area contributed by atoms with E-state index in [4.69, 9.17) is 9.47 Å². The Morgan fingerprint density at radius 3 is 2.28 bits per heavy atom. The van der Waals surface area contributed by atoms with Crippen LogP contribution in [0, 0.1) is 0 Å². The minimum Gasteiger partial charge on any atom is -0.465 e. The van der Waals surface area contributed by atoms with Crippen molar-refractivity contribution in [3.05, 3.63) is 76.9 Å². The van der Waals surface area contributed by atoms with Crippen molar-refractivity contribution in [2.24, 2.45) is 0 Å². The second-order valence-electron chi connectivity index (χ2n) is 6.40. The van der Waals surface area contributed by atoms with Crippen molar-refractivity contribution < 1.29 is 23.9 Å². The molecule has 0 fully saturated rings. The number of rotatable bonds is 5. The summed E-state index contributed by atoms with van der Waals surface area (Å²) in [5.74, 6) is -0.977. The lowest BCUT2D eigenvalue weighted by Gasteiger charge is -2.34. The number of carbonyl (C=O) groups is 3. The Labute approximate surface area is 168 Å². The van der Waals surface area contributed by atoms with E-state index in [0.717, 1.165) is 5.56 Å². The first-order valence-electron chi connectivity index (χ1n) is 9.17. The number of nitrogens with zero attached hydrogens (tertiary/aromatic N) is 1. The molecule has 1 atom stereocenters. The van der Waals surface area contributed by atoms with Crippen LogP contribution in [0.2, 0.25) is 0 Å². The summed E-state index contributed by atoms with van der Waals surface area (Å²) in [6.07, 6.45) is 0. The first-order valence-corrected chi connectivity index (χ1v) is 9.17. The van der Waals surface area contributed by atoms with Gasteiger partial charge in [0.15, 0.2) is 0 Å². The van der Waals surface area contributed by atoms with E-state index in [1.165, 1.54) is 12.0 Å². The minimum absolute atomic E-state index is 0.204. The summed E-state index contributed by atoms with van der Waals surface area (Å²) in [6, 6.07) is 14.7. The van der Waals surface area contributed by atoms with Crippen LogP contribution in [0.5, 0.6) is 0 Å². The third-order valence-electron chi connectivity index (χ3n) is 4.66. The second kappa shape index (κ2) is 8.60. The van der Waals surface area contributed by atoms with Gasteiger partial charge in [-0.1, -0.05) is 42.5 Å². The number of ether oxygens (including phenoxy) is 2. The molecule has 0 spiro atoms. The van der Waals surface area contributed by atoms with Crippen LogP contribution in [0.1, 0.15) is 34.5 Å². The molecule has 0 aliphatic carbocycles. The van der Waals surface area contributed by atoms with Crippen molar-refractivity contribution in [3.63, 3.8) is 0 Å². The molecule has 7 nitrogen and oxygen atoms in total. The lowest BCUT2D eigenvalue weighted by molar-refractivity contribution is -0.138. The van der Waals surface area contributed by atoms with Crippen LogP contribution < -0.4 is 5.32 Å². The van der Waals surface area contributed by atoms with Gasteiger partial charge in [-0.25, -0.2) is 14.4 Å². The van der Waals surface area contributed by atoms with Gasteiger partial charge in [-0.2, -0.15) is 0 Å². The highest BCUT2D eigenvalue weighted by Crippen LogP contribution is 2.35. The summed E-state index contributed by atoms with van der Waals surface area (Å²) < 4.78 is 10.0. The molecule has 29 heavy (non-hydrogen) atoms. The Bertz CT molecular complexity index is 951. The summed E-state index contributed by atoms with van der Waals surface area (Å²) in [5.41, 5.74) is 2.56. The molecule has 0 bridgehead atoms. The summed E-state index contributed by atoms with van der Waals surface area (Å²) in [7, 11) is 2.91. The molecule has 2 aromatic carbocycles. The zero-order valence-corrected chi connectivity index (χ0v) is 16.5. The van der Waals surface area contributed by atoms with Gasteiger partial charge < -0.3 is 14.8 Å². The number of esters is 2. The predicted octanol–water partition coefficient (Wildman–Crippen LogP) is 3.14. The first kappa shape index (κ1) is 20.1. The highest BCUT2D eigenvalue weighted by Gasteiger charge is 2.37. The van der Waals surface area contributed by atoms with Crippen molar-refractivity contribution >= 4 is 23.7 Å². The largest absolute Gasteiger partial charge is 0.465 e. The third-order valence-corrected chi connectivity index (χ3v) is 4.66. The highest BCUT2D eigenvalue weighted by atomic mass is 16.5. The van der Waals surface area contributed by atoms with E-state index in [1.54, 1.807) is 38.2 Å². The van der Waals surface area contributed by atoms with E-state index >= 15 is 0 Å². The van der Waals surface area contributed by atoms with Crippen LogP contribution in [0.15, 0.2) is 60.2 Å². The van der Waals surface area contributed by atoms with Crippen LogP contribution in [0.4, 0.5) is 4.79 Å². The van der Waals surface area contributed by atoms with Gasteiger partial charge in [0.2, 0.25) is 0 Å². The Morgan fingerprint density at radius 1 is 1.03 bits per heavy atom. The molecule has 1 N–H and O–H groups in total. The van der Waals surface area contributed by atoms with Gasteiger partial charge in [-0.3, -0.25) is 4.90 Å². The molecule has 3 rings (SSSR count). The normalized spacial score (nSPS) is 16.3. The molecule has 0 saturated heterocycles. The van der Waals surface area contributed by atoms with Crippen molar-refractivity contribution in [1.29, 1.82) is 0 Å². The number of hydrogen-bond acceptors (Lipinski definition) is 5. The molecule has 0 aromatic heterocycles. The molecule has 7 heteroatoms. The number of carbonyl (C=O) groups excluding carboxylic acids is 3.